The van der Waals surface area contributed by atoms with E-state index in [1.165, 1.54) is 30.5 Å². The van der Waals surface area contributed by atoms with Gasteiger partial charge in [0.05, 0.1) is 5.92 Å². The van der Waals surface area contributed by atoms with Crippen LogP contribution in [-0.2, 0) is 5.54 Å². The molecule has 3 nitrogen and oxygen atoms in total. The first-order chi connectivity index (χ1) is 12.8. The summed E-state index contributed by atoms with van der Waals surface area (Å²) in [4.78, 5) is 6.36. The van der Waals surface area contributed by atoms with Gasteiger partial charge in [0.15, 0.2) is 5.96 Å². The van der Waals surface area contributed by atoms with Crippen molar-refractivity contribution in [2.24, 2.45) is 10.7 Å². The fourth-order valence-corrected chi connectivity index (χ4v) is 4.05. The molecule has 5 heteroatoms. The summed E-state index contributed by atoms with van der Waals surface area (Å²) in [6, 6.07) is 12.0. The van der Waals surface area contributed by atoms with Gasteiger partial charge in [-0.25, -0.2) is 13.8 Å². The van der Waals surface area contributed by atoms with Crippen molar-refractivity contribution in [3.63, 3.8) is 0 Å². The molecule has 1 aliphatic carbocycles. The van der Waals surface area contributed by atoms with Gasteiger partial charge in [0.1, 0.15) is 17.2 Å². The Bertz CT molecular complexity index is 931. The molecular weight excluding hydrogens is 344 g/mol. The second-order valence-electron chi connectivity index (χ2n) is 7.67. The summed E-state index contributed by atoms with van der Waals surface area (Å²) < 4.78 is 28.2. The van der Waals surface area contributed by atoms with Crippen LogP contribution in [0.5, 0.6) is 0 Å². The van der Waals surface area contributed by atoms with E-state index in [0.29, 0.717) is 11.5 Å². The lowest BCUT2D eigenvalue weighted by molar-refractivity contribution is 0.338. The third-order valence-electron chi connectivity index (χ3n) is 5.81. The summed E-state index contributed by atoms with van der Waals surface area (Å²) in [7, 11) is 1.80. The number of benzene rings is 2. The van der Waals surface area contributed by atoms with Crippen molar-refractivity contribution < 1.29 is 8.78 Å². The summed E-state index contributed by atoms with van der Waals surface area (Å²) in [6.45, 7) is 6.04. The van der Waals surface area contributed by atoms with E-state index < -0.39 is 17.2 Å². The summed E-state index contributed by atoms with van der Waals surface area (Å²) in [5.41, 5.74) is 8.41. The smallest absolute Gasteiger partial charge is 0.196 e. The number of guanidine groups is 1. The normalized spacial score (nSPS) is 25.5. The second-order valence-corrected chi connectivity index (χ2v) is 7.67. The maximum Gasteiger partial charge on any atom is 0.196 e. The molecule has 2 aliphatic rings. The van der Waals surface area contributed by atoms with Gasteiger partial charge in [-0.15, -0.1) is 0 Å². The first-order valence-electron chi connectivity index (χ1n) is 9.14. The molecule has 0 radical (unpaired) electrons. The molecular formula is C22H23F2N3. The van der Waals surface area contributed by atoms with E-state index in [1.54, 1.807) is 11.9 Å². The van der Waals surface area contributed by atoms with Gasteiger partial charge in [-0.05, 0) is 42.9 Å². The molecule has 27 heavy (non-hydrogen) atoms. The van der Waals surface area contributed by atoms with Crippen molar-refractivity contribution in [2.75, 3.05) is 7.05 Å². The zero-order valence-electron chi connectivity index (χ0n) is 15.5. The fourth-order valence-electron chi connectivity index (χ4n) is 4.05. The first-order valence-corrected chi connectivity index (χ1v) is 9.14. The molecule has 2 atom stereocenters. The maximum absolute atomic E-state index is 14.7. The molecule has 1 heterocycles. The van der Waals surface area contributed by atoms with E-state index in [1.807, 2.05) is 6.92 Å². The van der Waals surface area contributed by atoms with Crippen molar-refractivity contribution in [2.45, 2.75) is 37.1 Å². The molecule has 0 aromatic heterocycles. The molecule has 0 amide bonds. The number of halogens is 2. The van der Waals surface area contributed by atoms with Crippen LogP contribution < -0.4 is 5.73 Å². The molecule has 0 saturated heterocycles. The number of aliphatic imine (C=N–C) groups is 1. The van der Waals surface area contributed by atoms with Crippen LogP contribution >= 0.6 is 0 Å². The van der Waals surface area contributed by atoms with Crippen LogP contribution in [-0.4, -0.2) is 17.9 Å². The van der Waals surface area contributed by atoms with Gasteiger partial charge in [-0.2, -0.15) is 0 Å². The van der Waals surface area contributed by atoms with Gasteiger partial charge in [0.2, 0.25) is 0 Å². The zero-order chi connectivity index (χ0) is 19.3. The van der Waals surface area contributed by atoms with Crippen molar-refractivity contribution >= 4 is 5.96 Å². The van der Waals surface area contributed by atoms with E-state index >= 15 is 0 Å². The Balaban J connectivity index is 1.86. The molecule has 4 rings (SSSR count). The average Bonchev–Trinajstić information content (AvgIpc) is 3.45. The number of rotatable bonds is 3. The second kappa shape index (κ2) is 6.19. The van der Waals surface area contributed by atoms with Crippen LogP contribution in [0.3, 0.4) is 0 Å². The molecule has 0 unspecified atom stereocenters. The summed E-state index contributed by atoms with van der Waals surface area (Å²) in [6.07, 6.45) is 2.47. The Morgan fingerprint density at radius 3 is 2.33 bits per heavy atom. The van der Waals surface area contributed by atoms with Gasteiger partial charge in [-0.3, -0.25) is 0 Å². The SMILES string of the molecule is C=C1[C@@H](c2ccc(C3CC3)cc2)[C@@](C)(c2ccc(F)cc2F)N=C(N)N1C. The van der Waals surface area contributed by atoms with Crippen LogP contribution in [0.25, 0.3) is 0 Å². The Morgan fingerprint density at radius 1 is 1.11 bits per heavy atom. The highest BCUT2D eigenvalue weighted by molar-refractivity contribution is 5.82. The number of hydrogen-bond acceptors (Lipinski definition) is 3. The third kappa shape index (κ3) is 2.91. The highest BCUT2D eigenvalue weighted by Gasteiger charge is 2.45. The van der Waals surface area contributed by atoms with Crippen molar-refractivity contribution in [3.05, 3.63) is 83.1 Å². The third-order valence-corrected chi connectivity index (χ3v) is 5.81. The molecule has 140 valence electrons. The predicted octanol–water partition coefficient (Wildman–Crippen LogP) is 4.62. The lowest BCUT2D eigenvalue weighted by Gasteiger charge is -2.44. The lowest BCUT2D eigenvalue weighted by Crippen LogP contribution is -2.47. The minimum Gasteiger partial charge on any atom is -0.370 e. The highest BCUT2D eigenvalue weighted by Crippen LogP contribution is 2.49. The zero-order valence-corrected chi connectivity index (χ0v) is 15.5. The van der Waals surface area contributed by atoms with Crippen molar-refractivity contribution in [1.82, 2.24) is 4.90 Å². The van der Waals surface area contributed by atoms with Crippen LogP contribution in [0.1, 0.15) is 48.3 Å². The molecule has 2 N–H and O–H groups in total. The fraction of sp³-hybridized carbons (Fsp3) is 0.318. The first kappa shape index (κ1) is 17.7. The molecule has 0 spiro atoms. The minimum absolute atomic E-state index is 0.261. The topological polar surface area (TPSA) is 41.6 Å². The van der Waals surface area contributed by atoms with Gasteiger partial charge in [-0.1, -0.05) is 36.9 Å². The molecule has 0 bridgehead atoms. The van der Waals surface area contributed by atoms with Crippen LogP contribution in [0, 0.1) is 11.6 Å². The number of nitrogens with two attached hydrogens (primary N) is 1. The number of nitrogens with zero attached hydrogens (tertiary/aromatic N) is 2. The predicted molar refractivity (Wildman–Crippen MR) is 103 cm³/mol. The van der Waals surface area contributed by atoms with Crippen molar-refractivity contribution in [1.29, 1.82) is 0 Å². The van der Waals surface area contributed by atoms with Gasteiger partial charge in [0.25, 0.3) is 0 Å². The molecule has 1 saturated carbocycles. The summed E-state index contributed by atoms with van der Waals surface area (Å²) >= 11 is 0. The van der Waals surface area contributed by atoms with Crippen molar-refractivity contribution in [3.8, 4) is 0 Å². The number of hydrogen-bond donors (Lipinski definition) is 1. The van der Waals surface area contributed by atoms with Gasteiger partial charge >= 0.3 is 0 Å². The van der Waals surface area contributed by atoms with Crippen LogP contribution in [0.2, 0.25) is 0 Å². The average molecular weight is 367 g/mol. The van der Waals surface area contributed by atoms with E-state index in [4.69, 9.17) is 5.73 Å². The molecule has 2 aromatic carbocycles. The van der Waals surface area contributed by atoms with Gasteiger partial charge < -0.3 is 10.6 Å². The quantitative estimate of drug-likeness (QED) is 0.860. The Hall–Kier alpha value is -2.69. The van der Waals surface area contributed by atoms with Crippen LogP contribution in [0.4, 0.5) is 8.78 Å². The monoisotopic (exact) mass is 367 g/mol. The number of likely N-dealkylation sites (N-methyl/N-ethyl adjacent to an activating group) is 1. The highest BCUT2D eigenvalue weighted by atomic mass is 19.1. The molecule has 2 aromatic rings. The summed E-state index contributed by atoms with van der Waals surface area (Å²) in [5.74, 6) is -0.647. The largest absolute Gasteiger partial charge is 0.370 e. The Morgan fingerprint density at radius 2 is 1.74 bits per heavy atom. The standard InChI is InChI=1S/C22H23F2N3/c1-13-20(16-8-6-15(7-9-16)14-4-5-14)22(2,26-21(25)27(13)3)18-11-10-17(23)12-19(18)24/h6-12,14,20H,1,4-5H2,2-3H3,(H2,25,26)/t20-,22+/m0/s1. The van der Waals surface area contributed by atoms with E-state index in [-0.39, 0.29) is 11.9 Å². The Labute approximate surface area is 158 Å². The van der Waals surface area contributed by atoms with E-state index in [0.717, 1.165) is 17.3 Å². The summed E-state index contributed by atoms with van der Waals surface area (Å²) in [5, 5.41) is 0. The molecule has 1 aliphatic heterocycles. The minimum atomic E-state index is -1.02. The van der Waals surface area contributed by atoms with E-state index in [2.05, 4.69) is 35.8 Å². The van der Waals surface area contributed by atoms with E-state index in [9.17, 15) is 8.78 Å². The maximum atomic E-state index is 14.7. The van der Waals surface area contributed by atoms with Crippen LogP contribution in [0.15, 0.2) is 59.7 Å². The van der Waals surface area contributed by atoms with Gasteiger partial charge in [0, 0.05) is 24.4 Å². The molecule has 1 fully saturated rings. The Kier molecular flexibility index (Phi) is 4.06. The lowest BCUT2D eigenvalue weighted by atomic mass is 9.73.